The fourth-order valence-electron chi connectivity index (χ4n) is 2.61. The van der Waals surface area contributed by atoms with Crippen molar-refractivity contribution in [2.24, 2.45) is 9.98 Å². The molecule has 2 unspecified atom stereocenters. The van der Waals surface area contributed by atoms with Crippen LogP contribution in [0.3, 0.4) is 0 Å². The van der Waals surface area contributed by atoms with Crippen molar-refractivity contribution in [3.05, 3.63) is 51.3 Å². The molecule has 7 heteroatoms. The van der Waals surface area contributed by atoms with E-state index >= 15 is 0 Å². The van der Waals surface area contributed by atoms with Gasteiger partial charge in [0.05, 0.1) is 5.71 Å². The van der Waals surface area contributed by atoms with E-state index in [4.69, 9.17) is 11.6 Å². The van der Waals surface area contributed by atoms with Crippen LogP contribution in [0.1, 0.15) is 18.9 Å². The topological polar surface area (TPSA) is 80.8 Å². The smallest absolute Gasteiger partial charge is 0.278 e. The Labute approximate surface area is 133 Å². The Morgan fingerprint density at radius 2 is 2.32 bits per heavy atom. The summed E-state index contributed by atoms with van der Waals surface area (Å²) in [4.78, 5) is 23.9. The SMILES string of the molecule is CCC1(C(C(Cc2ccc(Cl)nc2)=NC)[N+](=O)[O-])C=CC=N1. The van der Waals surface area contributed by atoms with Gasteiger partial charge in [-0.2, -0.15) is 0 Å². The summed E-state index contributed by atoms with van der Waals surface area (Å²) in [6, 6.07) is 2.46. The predicted molar refractivity (Wildman–Crippen MR) is 87.7 cm³/mol. The van der Waals surface area contributed by atoms with Crippen LogP contribution >= 0.6 is 11.6 Å². The lowest BCUT2D eigenvalue weighted by atomic mass is 9.84. The van der Waals surface area contributed by atoms with Crippen molar-refractivity contribution in [1.82, 2.24) is 4.98 Å². The van der Waals surface area contributed by atoms with Crippen LogP contribution < -0.4 is 0 Å². The van der Waals surface area contributed by atoms with E-state index in [0.29, 0.717) is 23.7 Å². The molecular formula is C15H17ClN4O2. The second-order valence-corrected chi connectivity index (χ2v) is 5.44. The van der Waals surface area contributed by atoms with E-state index in [-0.39, 0.29) is 4.92 Å². The molecule has 6 nitrogen and oxygen atoms in total. The lowest BCUT2D eigenvalue weighted by molar-refractivity contribution is -0.511. The van der Waals surface area contributed by atoms with Crippen molar-refractivity contribution < 1.29 is 4.92 Å². The number of nitro groups is 1. The molecule has 0 saturated carbocycles. The summed E-state index contributed by atoms with van der Waals surface area (Å²) < 4.78 is 0. The molecule has 0 N–H and O–H groups in total. The van der Waals surface area contributed by atoms with Crippen molar-refractivity contribution in [3.63, 3.8) is 0 Å². The number of hydrogen-bond donors (Lipinski definition) is 0. The van der Waals surface area contributed by atoms with E-state index in [1.165, 1.54) is 0 Å². The average Bonchev–Trinajstić information content (AvgIpc) is 2.98. The van der Waals surface area contributed by atoms with Crippen LogP contribution in [0.2, 0.25) is 5.15 Å². The minimum atomic E-state index is -0.992. The van der Waals surface area contributed by atoms with E-state index in [9.17, 15) is 10.1 Å². The van der Waals surface area contributed by atoms with E-state index in [1.54, 1.807) is 43.7 Å². The third-order valence-corrected chi connectivity index (χ3v) is 4.04. The van der Waals surface area contributed by atoms with Crippen LogP contribution in [-0.4, -0.2) is 40.5 Å². The van der Waals surface area contributed by atoms with Gasteiger partial charge in [-0.05, 0) is 30.2 Å². The second kappa shape index (κ2) is 6.79. The minimum Gasteiger partial charge on any atom is -0.290 e. The molecule has 1 aromatic heterocycles. The molecule has 0 radical (unpaired) electrons. The van der Waals surface area contributed by atoms with Crippen LogP contribution in [0, 0.1) is 10.1 Å². The van der Waals surface area contributed by atoms with Crippen molar-refractivity contribution in [2.75, 3.05) is 7.05 Å². The number of halogens is 1. The first-order valence-electron chi connectivity index (χ1n) is 6.95. The molecule has 0 aromatic carbocycles. The molecule has 1 aliphatic rings. The standard InChI is InChI=1S/C15H17ClN4O2/c1-3-15(7-4-8-19-15)14(20(21)22)12(17-2)9-11-5-6-13(16)18-10-11/h4-8,10,14H,3,9H2,1-2H3. The highest BCUT2D eigenvalue weighted by molar-refractivity contribution is 6.29. The molecule has 0 amide bonds. The zero-order valence-electron chi connectivity index (χ0n) is 12.4. The molecular weight excluding hydrogens is 304 g/mol. The molecule has 0 fully saturated rings. The van der Waals surface area contributed by atoms with Gasteiger partial charge >= 0.3 is 0 Å². The molecule has 0 bridgehead atoms. The Morgan fingerprint density at radius 3 is 2.77 bits per heavy atom. The van der Waals surface area contributed by atoms with Gasteiger partial charge in [0.2, 0.25) is 0 Å². The minimum absolute atomic E-state index is 0.303. The third kappa shape index (κ3) is 3.22. The van der Waals surface area contributed by atoms with Gasteiger partial charge in [-0.1, -0.05) is 24.6 Å². The summed E-state index contributed by atoms with van der Waals surface area (Å²) >= 11 is 5.77. The molecule has 116 valence electrons. The van der Waals surface area contributed by atoms with Gasteiger partial charge < -0.3 is 0 Å². The molecule has 2 heterocycles. The van der Waals surface area contributed by atoms with Gasteiger partial charge in [0.1, 0.15) is 5.15 Å². The highest BCUT2D eigenvalue weighted by Crippen LogP contribution is 2.29. The van der Waals surface area contributed by atoms with E-state index < -0.39 is 11.6 Å². The summed E-state index contributed by atoms with van der Waals surface area (Å²) in [5, 5.41) is 12.1. The summed E-state index contributed by atoms with van der Waals surface area (Å²) in [5.41, 5.74) is 0.437. The lowest BCUT2D eigenvalue weighted by Gasteiger charge is -2.27. The molecule has 22 heavy (non-hydrogen) atoms. The normalized spacial score (nSPS) is 22.0. The van der Waals surface area contributed by atoms with Crippen molar-refractivity contribution in [2.45, 2.75) is 31.3 Å². The number of hydrogen-bond acceptors (Lipinski definition) is 5. The van der Waals surface area contributed by atoms with Gasteiger partial charge in [-0.25, -0.2) is 4.98 Å². The molecule has 2 atom stereocenters. The van der Waals surface area contributed by atoms with Crippen molar-refractivity contribution in [3.8, 4) is 0 Å². The Morgan fingerprint density at radius 1 is 1.55 bits per heavy atom. The first-order chi connectivity index (χ1) is 10.5. The Kier molecular flexibility index (Phi) is 5.03. The van der Waals surface area contributed by atoms with Crippen molar-refractivity contribution in [1.29, 1.82) is 0 Å². The van der Waals surface area contributed by atoms with Gasteiger partial charge in [0, 0.05) is 30.8 Å². The summed E-state index contributed by atoms with van der Waals surface area (Å²) in [6.07, 6.45) is 7.62. The lowest BCUT2D eigenvalue weighted by Crippen LogP contribution is -2.49. The fraction of sp³-hybridized carbons (Fsp3) is 0.400. The Balaban J connectivity index is 2.33. The predicted octanol–water partition coefficient (Wildman–Crippen LogP) is 2.78. The third-order valence-electron chi connectivity index (χ3n) is 3.81. The monoisotopic (exact) mass is 320 g/mol. The van der Waals surface area contributed by atoms with Gasteiger partial charge in [-0.3, -0.25) is 20.1 Å². The maximum absolute atomic E-state index is 11.7. The number of allylic oxidation sites excluding steroid dienone is 1. The highest BCUT2D eigenvalue weighted by atomic mass is 35.5. The van der Waals surface area contributed by atoms with Crippen LogP contribution in [0.15, 0.2) is 40.5 Å². The maximum Gasteiger partial charge on any atom is 0.278 e. The van der Waals surface area contributed by atoms with E-state index in [2.05, 4.69) is 15.0 Å². The number of aliphatic imine (C=N–C) groups is 2. The average molecular weight is 321 g/mol. The number of rotatable bonds is 6. The van der Waals surface area contributed by atoms with Crippen LogP contribution in [0.5, 0.6) is 0 Å². The first-order valence-corrected chi connectivity index (χ1v) is 7.32. The summed E-state index contributed by atoms with van der Waals surface area (Å²) in [6.45, 7) is 1.89. The Hall–Kier alpha value is -2.08. The quantitative estimate of drug-likeness (QED) is 0.350. The van der Waals surface area contributed by atoms with Gasteiger partial charge in [0.25, 0.3) is 6.04 Å². The molecule has 0 spiro atoms. The fourth-order valence-corrected chi connectivity index (χ4v) is 2.72. The molecule has 0 saturated heterocycles. The van der Waals surface area contributed by atoms with Crippen LogP contribution in [0.25, 0.3) is 0 Å². The second-order valence-electron chi connectivity index (χ2n) is 5.05. The number of aromatic nitrogens is 1. The molecule has 0 aliphatic carbocycles. The van der Waals surface area contributed by atoms with Crippen LogP contribution in [0.4, 0.5) is 0 Å². The maximum atomic E-state index is 11.7. The molecule has 1 aromatic rings. The van der Waals surface area contributed by atoms with Gasteiger partial charge in [0.15, 0.2) is 5.54 Å². The van der Waals surface area contributed by atoms with Gasteiger partial charge in [-0.15, -0.1) is 0 Å². The summed E-state index contributed by atoms with van der Waals surface area (Å²) in [5.74, 6) is 0. The number of nitrogens with zero attached hydrogens (tertiary/aromatic N) is 4. The summed E-state index contributed by atoms with van der Waals surface area (Å²) in [7, 11) is 1.57. The molecule has 1 aliphatic heterocycles. The number of pyridine rings is 1. The highest BCUT2D eigenvalue weighted by Gasteiger charge is 2.47. The zero-order chi connectivity index (χ0) is 16.2. The van der Waals surface area contributed by atoms with E-state index in [0.717, 1.165) is 5.56 Å². The Bertz CT molecular complexity index is 625. The zero-order valence-corrected chi connectivity index (χ0v) is 13.2. The van der Waals surface area contributed by atoms with E-state index in [1.807, 2.05) is 6.92 Å². The van der Waals surface area contributed by atoms with Crippen molar-refractivity contribution >= 4 is 23.5 Å². The largest absolute Gasteiger partial charge is 0.290 e. The van der Waals surface area contributed by atoms with Crippen LogP contribution in [-0.2, 0) is 6.42 Å². The molecule has 2 rings (SSSR count). The first kappa shape index (κ1) is 16.3.